The summed E-state index contributed by atoms with van der Waals surface area (Å²) in [4.78, 5) is 29.2. The smallest absolute Gasteiger partial charge is 0.330 e. The van der Waals surface area contributed by atoms with Gasteiger partial charge in [0, 0.05) is 24.0 Å². The molecule has 1 heterocycles. The van der Waals surface area contributed by atoms with E-state index in [1.54, 1.807) is 20.8 Å². The third kappa shape index (κ3) is 3.02. The maximum Gasteiger partial charge on any atom is 0.330 e. The van der Waals surface area contributed by atoms with Gasteiger partial charge in [-0.3, -0.25) is 4.79 Å². The molecule has 2 aromatic rings. The molecule has 144 valence electrons. The Bertz CT molecular complexity index is 859. The summed E-state index contributed by atoms with van der Waals surface area (Å²) in [5, 5.41) is 12.5. The van der Waals surface area contributed by atoms with Crippen LogP contribution >= 0.6 is 0 Å². The molecule has 1 fully saturated rings. The first-order valence-electron chi connectivity index (χ1n) is 8.93. The zero-order valence-corrected chi connectivity index (χ0v) is 15.9. The van der Waals surface area contributed by atoms with E-state index in [0.29, 0.717) is 18.3 Å². The Morgan fingerprint density at radius 3 is 2.56 bits per heavy atom. The van der Waals surface area contributed by atoms with Crippen LogP contribution in [0.25, 0.3) is 11.5 Å². The zero-order valence-electron chi connectivity index (χ0n) is 15.9. The standard InChI is InChI=1S/C20H24N2O5/c1-5-26-14-11-20(18(24)25,19(14,3)4)22-16(23)15-12(2)27-17(21-15)13-9-7-6-8-10-13/h6-10,14H,5,11H2,1-4H3,(H,22,23)(H,24,25). The lowest BCUT2D eigenvalue weighted by Crippen LogP contribution is -2.76. The number of benzene rings is 1. The van der Waals surface area contributed by atoms with E-state index >= 15 is 0 Å². The van der Waals surface area contributed by atoms with Crippen molar-refractivity contribution in [1.29, 1.82) is 0 Å². The van der Waals surface area contributed by atoms with E-state index in [-0.39, 0.29) is 18.2 Å². The van der Waals surface area contributed by atoms with Gasteiger partial charge in [-0.1, -0.05) is 32.0 Å². The highest BCUT2D eigenvalue weighted by atomic mass is 16.5. The molecule has 0 spiro atoms. The van der Waals surface area contributed by atoms with Gasteiger partial charge in [0.05, 0.1) is 6.10 Å². The molecular weight excluding hydrogens is 348 g/mol. The number of hydrogen-bond donors (Lipinski definition) is 2. The Morgan fingerprint density at radius 2 is 2.00 bits per heavy atom. The number of rotatable bonds is 6. The number of aliphatic carboxylic acids is 1. The van der Waals surface area contributed by atoms with Crippen LogP contribution < -0.4 is 5.32 Å². The average molecular weight is 372 g/mol. The third-order valence-electron chi connectivity index (χ3n) is 5.49. The molecule has 1 aromatic heterocycles. The van der Waals surface area contributed by atoms with E-state index in [1.165, 1.54) is 0 Å². The quantitative estimate of drug-likeness (QED) is 0.808. The highest BCUT2D eigenvalue weighted by Crippen LogP contribution is 2.51. The summed E-state index contributed by atoms with van der Waals surface area (Å²) < 4.78 is 11.2. The summed E-state index contributed by atoms with van der Waals surface area (Å²) >= 11 is 0. The Labute approximate surface area is 157 Å². The fourth-order valence-corrected chi connectivity index (χ4v) is 3.60. The number of nitrogens with zero attached hydrogens (tertiary/aromatic N) is 1. The minimum atomic E-state index is -1.41. The van der Waals surface area contributed by atoms with Crippen molar-refractivity contribution in [2.45, 2.75) is 45.8 Å². The van der Waals surface area contributed by atoms with Crippen LogP contribution in [0.4, 0.5) is 0 Å². The molecule has 1 aliphatic carbocycles. The first-order valence-corrected chi connectivity index (χ1v) is 8.93. The summed E-state index contributed by atoms with van der Waals surface area (Å²) in [5.41, 5.74) is -1.34. The van der Waals surface area contributed by atoms with E-state index in [2.05, 4.69) is 10.3 Å². The molecule has 7 nitrogen and oxygen atoms in total. The topological polar surface area (TPSA) is 102 Å². The van der Waals surface area contributed by atoms with Crippen LogP contribution in [0.1, 0.15) is 43.4 Å². The lowest BCUT2D eigenvalue weighted by molar-refractivity contribution is -0.190. The zero-order chi connectivity index (χ0) is 19.8. The largest absolute Gasteiger partial charge is 0.479 e. The van der Waals surface area contributed by atoms with Crippen LogP contribution in [0.3, 0.4) is 0 Å². The van der Waals surface area contributed by atoms with Crippen molar-refractivity contribution < 1.29 is 23.8 Å². The van der Waals surface area contributed by atoms with Gasteiger partial charge in [0.25, 0.3) is 5.91 Å². The Hall–Kier alpha value is -2.67. The van der Waals surface area contributed by atoms with E-state index in [9.17, 15) is 14.7 Å². The summed E-state index contributed by atoms with van der Waals surface area (Å²) in [6.07, 6.45) is -0.0330. The number of aromatic nitrogens is 1. The van der Waals surface area contributed by atoms with Gasteiger partial charge in [-0.25, -0.2) is 9.78 Å². The lowest BCUT2D eigenvalue weighted by atomic mass is 9.54. The first kappa shape index (κ1) is 19.1. The lowest BCUT2D eigenvalue weighted by Gasteiger charge is -2.58. The molecule has 3 rings (SSSR count). The van der Waals surface area contributed by atoms with Gasteiger partial charge in [-0.2, -0.15) is 0 Å². The van der Waals surface area contributed by atoms with Gasteiger partial charge in [-0.05, 0) is 26.0 Å². The predicted molar refractivity (Wildman–Crippen MR) is 98.3 cm³/mol. The average Bonchev–Trinajstić information content (AvgIpc) is 3.03. The fraction of sp³-hybridized carbons (Fsp3) is 0.450. The second-order valence-electron chi connectivity index (χ2n) is 7.32. The van der Waals surface area contributed by atoms with Crippen LogP contribution in [-0.2, 0) is 9.53 Å². The van der Waals surface area contributed by atoms with E-state index in [0.717, 1.165) is 5.56 Å². The first-order chi connectivity index (χ1) is 12.7. The summed E-state index contributed by atoms with van der Waals surface area (Å²) in [5.74, 6) is -0.988. The van der Waals surface area contributed by atoms with Gasteiger partial charge in [-0.15, -0.1) is 0 Å². The number of oxazole rings is 1. The maximum atomic E-state index is 12.8. The van der Waals surface area contributed by atoms with Crippen molar-refractivity contribution in [1.82, 2.24) is 10.3 Å². The molecule has 0 bridgehead atoms. The minimum Gasteiger partial charge on any atom is -0.479 e. The number of hydrogen-bond acceptors (Lipinski definition) is 5. The highest BCUT2D eigenvalue weighted by Gasteiger charge is 2.66. The number of carboxylic acids is 1. The number of carbonyl (C=O) groups is 2. The molecular formula is C20H24N2O5. The van der Waals surface area contributed by atoms with Crippen molar-refractivity contribution in [3.05, 3.63) is 41.8 Å². The molecule has 0 aliphatic heterocycles. The van der Waals surface area contributed by atoms with Gasteiger partial charge >= 0.3 is 5.97 Å². The molecule has 2 unspecified atom stereocenters. The summed E-state index contributed by atoms with van der Waals surface area (Å²) in [6, 6.07) is 9.22. The molecule has 2 atom stereocenters. The van der Waals surface area contributed by atoms with Crippen molar-refractivity contribution in [3.8, 4) is 11.5 Å². The molecule has 1 amide bonds. The SMILES string of the molecule is CCOC1CC(NC(=O)c2nc(-c3ccccc3)oc2C)(C(=O)O)C1(C)C. The van der Waals surface area contributed by atoms with Gasteiger partial charge in [0.2, 0.25) is 5.89 Å². The molecule has 1 aliphatic rings. The second-order valence-corrected chi connectivity index (χ2v) is 7.32. The number of amides is 1. The number of carbonyl (C=O) groups excluding carboxylic acids is 1. The number of aryl methyl sites for hydroxylation is 1. The van der Waals surface area contributed by atoms with Crippen LogP contribution in [0.15, 0.2) is 34.7 Å². The second kappa shape index (κ2) is 6.81. The molecule has 7 heteroatoms. The van der Waals surface area contributed by atoms with E-state index < -0.39 is 22.8 Å². The maximum absolute atomic E-state index is 12.8. The molecule has 1 saturated carbocycles. The normalized spacial score (nSPS) is 23.5. The van der Waals surface area contributed by atoms with Crippen LogP contribution in [0.5, 0.6) is 0 Å². The van der Waals surface area contributed by atoms with E-state index in [1.807, 2.05) is 37.3 Å². The Morgan fingerprint density at radius 1 is 1.33 bits per heavy atom. The third-order valence-corrected chi connectivity index (χ3v) is 5.49. The Balaban J connectivity index is 1.86. The van der Waals surface area contributed by atoms with Crippen molar-refractivity contribution in [3.63, 3.8) is 0 Å². The van der Waals surface area contributed by atoms with Crippen LogP contribution in [0.2, 0.25) is 0 Å². The molecule has 0 radical (unpaired) electrons. The fourth-order valence-electron chi connectivity index (χ4n) is 3.60. The summed E-state index contributed by atoms with van der Waals surface area (Å²) in [7, 11) is 0. The summed E-state index contributed by atoms with van der Waals surface area (Å²) in [6.45, 7) is 7.56. The molecule has 0 saturated heterocycles. The van der Waals surface area contributed by atoms with Crippen molar-refractivity contribution >= 4 is 11.9 Å². The van der Waals surface area contributed by atoms with Gasteiger partial charge in [0.15, 0.2) is 5.69 Å². The Kier molecular flexibility index (Phi) is 4.82. The van der Waals surface area contributed by atoms with Crippen LogP contribution in [0, 0.1) is 12.3 Å². The predicted octanol–water partition coefficient (Wildman–Crippen LogP) is 3.04. The number of carboxylic acid groups (broad SMARTS) is 1. The monoisotopic (exact) mass is 372 g/mol. The highest BCUT2D eigenvalue weighted by molar-refractivity contribution is 5.98. The minimum absolute atomic E-state index is 0.0881. The number of ether oxygens (including phenoxy) is 1. The van der Waals surface area contributed by atoms with Crippen molar-refractivity contribution in [2.75, 3.05) is 6.61 Å². The van der Waals surface area contributed by atoms with Gasteiger partial charge < -0.3 is 19.6 Å². The van der Waals surface area contributed by atoms with E-state index in [4.69, 9.17) is 9.15 Å². The van der Waals surface area contributed by atoms with Crippen LogP contribution in [-0.4, -0.2) is 40.2 Å². The molecule has 1 aromatic carbocycles. The van der Waals surface area contributed by atoms with Gasteiger partial charge in [0.1, 0.15) is 11.3 Å². The molecule has 27 heavy (non-hydrogen) atoms. The molecule has 2 N–H and O–H groups in total. The van der Waals surface area contributed by atoms with Crippen molar-refractivity contribution in [2.24, 2.45) is 5.41 Å². The number of nitrogens with one attached hydrogen (secondary N) is 1.